The van der Waals surface area contributed by atoms with Crippen molar-refractivity contribution in [2.24, 2.45) is 29.6 Å². The quantitative estimate of drug-likeness (QED) is 0.749. The molecule has 4 atom stereocenters. The number of carboxylic acids is 1. The standard InChI is InChI=1S/C14H19NO3/c1-2-5-15(7-10(16)17)14(18)13-11-8-3-4-9(6-8)12(11)13/h2,8-9,11-13H,1,3-7H2,(H,16,17). The van der Waals surface area contributed by atoms with Crippen LogP contribution in [0.2, 0.25) is 0 Å². The zero-order chi connectivity index (χ0) is 12.9. The minimum atomic E-state index is -0.945. The maximum Gasteiger partial charge on any atom is 0.323 e. The lowest BCUT2D eigenvalue weighted by Crippen LogP contribution is -2.38. The van der Waals surface area contributed by atoms with Crippen molar-refractivity contribution in [1.29, 1.82) is 0 Å². The predicted molar refractivity (Wildman–Crippen MR) is 65.7 cm³/mol. The molecule has 18 heavy (non-hydrogen) atoms. The second-order valence-electron chi connectivity index (χ2n) is 5.91. The summed E-state index contributed by atoms with van der Waals surface area (Å²) in [5.41, 5.74) is 0. The van der Waals surface area contributed by atoms with Crippen molar-refractivity contribution >= 4 is 11.9 Å². The minimum Gasteiger partial charge on any atom is -0.480 e. The Morgan fingerprint density at radius 1 is 1.28 bits per heavy atom. The van der Waals surface area contributed by atoms with Crippen molar-refractivity contribution in [3.8, 4) is 0 Å². The van der Waals surface area contributed by atoms with Gasteiger partial charge in [-0.15, -0.1) is 6.58 Å². The minimum absolute atomic E-state index is 0.0453. The van der Waals surface area contributed by atoms with Gasteiger partial charge in [0.25, 0.3) is 0 Å². The van der Waals surface area contributed by atoms with Gasteiger partial charge >= 0.3 is 5.97 Å². The van der Waals surface area contributed by atoms with Crippen molar-refractivity contribution in [3.63, 3.8) is 0 Å². The number of rotatable bonds is 5. The summed E-state index contributed by atoms with van der Waals surface area (Å²) in [6, 6.07) is 0. The number of carboxylic acid groups (broad SMARTS) is 1. The molecule has 3 aliphatic rings. The molecule has 0 aliphatic heterocycles. The van der Waals surface area contributed by atoms with Crippen molar-refractivity contribution in [2.45, 2.75) is 19.3 Å². The fraction of sp³-hybridized carbons (Fsp3) is 0.714. The largest absolute Gasteiger partial charge is 0.480 e. The highest BCUT2D eigenvalue weighted by atomic mass is 16.4. The maximum atomic E-state index is 12.4. The molecule has 4 heteroatoms. The Kier molecular flexibility index (Phi) is 2.68. The molecular weight excluding hydrogens is 230 g/mol. The van der Waals surface area contributed by atoms with Crippen molar-refractivity contribution < 1.29 is 14.7 Å². The van der Waals surface area contributed by atoms with Crippen LogP contribution < -0.4 is 0 Å². The molecule has 0 spiro atoms. The Balaban J connectivity index is 1.67. The average Bonchev–Trinajstić information content (AvgIpc) is 2.75. The lowest BCUT2D eigenvalue weighted by Gasteiger charge is -2.20. The topological polar surface area (TPSA) is 57.6 Å². The van der Waals surface area contributed by atoms with Gasteiger partial charge in [0.05, 0.1) is 0 Å². The van der Waals surface area contributed by atoms with Crippen LogP contribution in [0.4, 0.5) is 0 Å². The summed E-state index contributed by atoms with van der Waals surface area (Å²) in [6.45, 7) is 3.74. The van der Waals surface area contributed by atoms with Crippen LogP contribution in [-0.2, 0) is 9.59 Å². The van der Waals surface area contributed by atoms with E-state index in [1.54, 1.807) is 6.08 Å². The highest BCUT2D eigenvalue weighted by Gasteiger charge is 2.67. The van der Waals surface area contributed by atoms with Gasteiger partial charge in [-0.25, -0.2) is 0 Å². The van der Waals surface area contributed by atoms with E-state index < -0.39 is 5.97 Å². The summed E-state index contributed by atoms with van der Waals surface area (Å²) in [5, 5.41) is 8.85. The van der Waals surface area contributed by atoms with E-state index in [4.69, 9.17) is 5.11 Å². The van der Waals surface area contributed by atoms with Gasteiger partial charge in [-0.2, -0.15) is 0 Å². The number of fused-ring (bicyclic) bond motifs is 5. The first-order chi connectivity index (χ1) is 8.63. The molecule has 0 heterocycles. The van der Waals surface area contributed by atoms with E-state index in [0.717, 1.165) is 11.8 Å². The van der Waals surface area contributed by atoms with Crippen LogP contribution in [0.15, 0.2) is 12.7 Å². The molecule has 3 fully saturated rings. The van der Waals surface area contributed by atoms with Gasteiger partial charge in [-0.1, -0.05) is 6.08 Å². The normalized spacial score (nSPS) is 39.2. The number of carbonyl (C=O) groups excluding carboxylic acids is 1. The Labute approximate surface area is 107 Å². The van der Waals surface area contributed by atoms with Crippen LogP contribution in [0.25, 0.3) is 0 Å². The van der Waals surface area contributed by atoms with E-state index in [1.165, 1.54) is 24.2 Å². The smallest absolute Gasteiger partial charge is 0.323 e. The fourth-order valence-corrected chi connectivity index (χ4v) is 4.42. The average molecular weight is 249 g/mol. The third-order valence-electron chi connectivity index (χ3n) is 5.01. The molecule has 1 N–H and O–H groups in total. The highest BCUT2D eigenvalue weighted by Crippen LogP contribution is 2.69. The van der Waals surface area contributed by atoms with E-state index >= 15 is 0 Å². The third-order valence-corrected chi connectivity index (χ3v) is 5.01. The summed E-state index contributed by atoms with van der Waals surface area (Å²) in [6.07, 6.45) is 5.46. The van der Waals surface area contributed by atoms with Gasteiger partial charge in [-0.05, 0) is 42.9 Å². The molecule has 0 aromatic rings. The number of nitrogens with zero attached hydrogens (tertiary/aromatic N) is 1. The molecule has 98 valence electrons. The van der Waals surface area contributed by atoms with E-state index in [0.29, 0.717) is 18.4 Å². The predicted octanol–water partition coefficient (Wildman–Crippen LogP) is 1.38. The molecule has 4 unspecified atom stereocenters. The molecular formula is C14H19NO3. The van der Waals surface area contributed by atoms with Gasteiger partial charge in [0, 0.05) is 12.5 Å². The maximum absolute atomic E-state index is 12.4. The van der Waals surface area contributed by atoms with Gasteiger partial charge < -0.3 is 10.0 Å². The zero-order valence-corrected chi connectivity index (χ0v) is 10.4. The van der Waals surface area contributed by atoms with Gasteiger partial charge in [0.1, 0.15) is 6.54 Å². The molecule has 2 bridgehead atoms. The first-order valence-electron chi connectivity index (χ1n) is 6.75. The summed E-state index contributed by atoms with van der Waals surface area (Å²) in [5.74, 6) is 1.84. The Morgan fingerprint density at radius 3 is 2.39 bits per heavy atom. The molecule has 0 aromatic carbocycles. The number of hydrogen-bond acceptors (Lipinski definition) is 2. The van der Waals surface area contributed by atoms with E-state index in [2.05, 4.69) is 6.58 Å². The molecule has 0 radical (unpaired) electrons. The second kappa shape index (κ2) is 4.11. The van der Waals surface area contributed by atoms with Crippen LogP contribution >= 0.6 is 0 Å². The van der Waals surface area contributed by atoms with Crippen LogP contribution in [0.5, 0.6) is 0 Å². The number of amides is 1. The monoisotopic (exact) mass is 249 g/mol. The molecule has 0 aromatic heterocycles. The summed E-state index contributed by atoms with van der Waals surface area (Å²) in [4.78, 5) is 24.6. The van der Waals surface area contributed by atoms with Gasteiger partial charge in [0.15, 0.2) is 0 Å². The van der Waals surface area contributed by atoms with E-state index in [-0.39, 0.29) is 18.4 Å². The van der Waals surface area contributed by atoms with Crippen LogP contribution in [0.1, 0.15) is 19.3 Å². The summed E-state index contributed by atoms with van der Waals surface area (Å²) >= 11 is 0. The lowest BCUT2D eigenvalue weighted by atomic mass is 10.0. The summed E-state index contributed by atoms with van der Waals surface area (Å²) in [7, 11) is 0. The van der Waals surface area contributed by atoms with Gasteiger partial charge in [0.2, 0.25) is 5.91 Å². The number of carbonyl (C=O) groups is 2. The van der Waals surface area contributed by atoms with Gasteiger partial charge in [-0.3, -0.25) is 9.59 Å². The molecule has 3 aliphatic carbocycles. The number of aliphatic carboxylic acids is 1. The SMILES string of the molecule is C=CCN(CC(=O)O)C(=O)C1C2C3CCC(C3)C12. The fourth-order valence-electron chi connectivity index (χ4n) is 4.42. The first-order valence-corrected chi connectivity index (χ1v) is 6.75. The number of hydrogen-bond donors (Lipinski definition) is 1. The Morgan fingerprint density at radius 2 is 1.89 bits per heavy atom. The lowest BCUT2D eigenvalue weighted by molar-refractivity contribution is -0.145. The second-order valence-corrected chi connectivity index (χ2v) is 5.91. The first kappa shape index (κ1) is 11.8. The van der Waals surface area contributed by atoms with Crippen LogP contribution in [0, 0.1) is 29.6 Å². The summed E-state index contributed by atoms with van der Waals surface area (Å²) < 4.78 is 0. The third kappa shape index (κ3) is 1.66. The molecule has 3 saturated carbocycles. The van der Waals surface area contributed by atoms with Crippen molar-refractivity contribution in [1.82, 2.24) is 4.90 Å². The Bertz CT molecular complexity index is 390. The van der Waals surface area contributed by atoms with Crippen LogP contribution in [-0.4, -0.2) is 35.0 Å². The van der Waals surface area contributed by atoms with Crippen LogP contribution in [0.3, 0.4) is 0 Å². The Hall–Kier alpha value is -1.32. The van der Waals surface area contributed by atoms with Crippen molar-refractivity contribution in [2.75, 3.05) is 13.1 Å². The molecule has 3 rings (SSSR count). The molecule has 4 nitrogen and oxygen atoms in total. The highest BCUT2D eigenvalue weighted by molar-refractivity contribution is 5.86. The van der Waals surface area contributed by atoms with Crippen molar-refractivity contribution in [3.05, 3.63) is 12.7 Å². The molecule has 1 amide bonds. The van der Waals surface area contributed by atoms with E-state index in [1.807, 2.05) is 0 Å². The molecule has 0 saturated heterocycles. The zero-order valence-electron chi connectivity index (χ0n) is 10.4. The van der Waals surface area contributed by atoms with E-state index in [9.17, 15) is 9.59 Å².